The summed E-state index contributed by atoms with van der Waals surface area (Å²) in [5, 5.41) is 3.23. The molecule has 0 spiro atoms. The van der Waals surface area contributed by atoms with Crippen molar-refractivity contribution in [3.8, 4) is 22.8 Å². The predicted octanol–water partition coefficient (Wildman–Crippen LogP) is 4.11. The summed E-state index contributed by atoms with van der Waals surface area (Å²) >= 11 is 0. The van der Waals surface area contributed by atoms with Crippen LogP contribution in [0.15, 0.2) is 79.0 Å². The third kappa shape index (κ3) is 5.62. The van der Waals surface area contributed by atoms with Gasteiger partial charge in [0, 0.05) is 54.9 Å². The topological polar surface area (TPSA) is 123 Å². The highest BCUT2D eigenvalue weighted by Crippen LogP contribution is 2.35. The largest absolute Gasteiger partial charge is 0.437 e. The Balaban J connectivity index is 1.49. The van der Waals surface area contributed by atoms with Crippen molar-refractivity contribution in [1.82, 2.24) is 14.9 Å². The van der Waals surface area contributed by atoms with E-state index in [2.05, 4.69) is 56.4 Å². The molecule has 37 heavy (non-hydrogen) atoms. The van der Waals surface area contributed by atoms with E-state index < -0.39 is 5.91 Å². The summed E-state index contributed by atoms with van der Waals surface area (Å²) in [4.78, 5) is 25.5. The first-order valence-corrected chi connectivity index (χ1v) is 12.1. The summed E-state index contributed by atoms with van der Waals surface area (Å²) in [6, 6.07) is 23.3. The fourth-order valence-corrected chi connectivity index (χ4v) is 4.31. The molecule has 0 aliphatic carbocycles. The van der Waals surface area contributed by atoms with E-state index in [1.807, 2.05) is 24.3 Å². The third-order valence-electron chi connectivity index (χ3n) is 6.25. The van der Waals surface area contributed by atoms with Gasteiger partial charge in [0.1, 0.15) is 5.75 Å². The molecule has 1 aliphatic heterocycles. The van der Waals surface area contributed by atoms with Gasteiger partial charge in [0.25, 0.3) is 5.91 Å². The number of aromatic nitrogens is 2. The second-order valence-corrected chi connectivity index (χ2v) is 8.96. The maximum absolute atomic E-state index is 12.1. The van der Waals surface area contributed by atoms with Gasteiger partial charge in [-0.05, 0) is 42.9 Å². The van der Waals surface area contributed by atoms with Gasteiger partial charge in [-0.25, -0.2) is 4.98 Å². The normalized spacial score (nSPS) is 13.8. The lowest BCUT2D eigenvalue weighted by Gasteiger charge is -2.35. The average molecular weight is 496 g/mol. The third-order valence-corrected chi connectivity index (χ3v) is 6.25. The molecule has 1 aliphatic rings. The zero-order valence-corrected chi connectivity index (χ0v) is 20.6. The molecule has 0 radical (unpaired) electrons. The second-order valence-electron chi connectivity index (χ2n) is 8.96. The Morgan fingerprint density at radius 3 is 2.49 bits per heavy atom. The molecular weight excluding hydrogens is 466 g/mol. The molecule has 9 nitrogen and oxygen atoms in total. The number of nitrogens with one attached hydrogen (secondary N) is 1. The van der Waals surface area contributed by atoms with Crippen LogP contribution in [0.4, 0.5) is 22.9 Å². The Kier molecular flexibility index (Phi) is 6.87. The molecule has 4 aromatic rings. The standard InChI is InChI=1S/C28H29N7O2/c1-34-12-14-35(15-13-34)24-11-10-21(17-23(24)19-6-3-2-4-7-19)32-28-26(27(30)36)31-18-25(33-28)37-22-9-5-8-20(29)16-22/h2-11,16-18H,12-15,29H2,1H3,(H2,30,36)(H,32,33). The van der Waals surface area contributed by atoms with Gasteiger partial charge in [-0.1, -0.05) is 36.4 Å². The molecule has 5 N–H and O–H groups in total. The Morgan fingerprint density at radius 1 is 0.973 bits per heavy atom. The monoisotopic (exact) mass is 495 g/mol. The van der Waals surface area contributed by atoms with E-state index in [0.29, 0.717) is 11.4 Å². The molecule has 2 heterocycles. The smallest absolute Gasteiger partial charge is 0.271 e. The molecule has 0 bridgehead atoms. The van der Waals surface area contributed by atoms with E-state index in [4.69, 9.17) is 16.2 Å². The molecule has 188 valence electrons. The minimum absolute atomic E-state index is 0.0179. The van der Waals surface area contributed by atoms with Crippen molar-refractivity contribution in [1.29, 1.82) is 0 Å². The van der Waals surface area contributed by atoms with E-state index in [0.717, 1.165) is 48.7 Å². The number of hydrogen-bond donors (Lipinski definition) is 3. The number of nitrogens with two attached hydrogens (primary N) is 2. The van der Waals surface area contributed by atoms with Crippen LogP contribution in [-0.2, 0) is 0 Å². The van der Waals surface area contributed by atoms with E-state index in [1.54, 1.807) is 24.3 Å². The fourth-order valence-electron chi connectivity index (χ4n) is 4.31. The molecule has 1 aromatic heterocycles. The average Bonchev–Trinajstić information content (AvgIpc) is 2.90. The number of nitrogens with zero attached hydrogens (tertiary/aromatic N) is 4. The summed E-state index contributed by atoms with van der Waals surface area (Å²) in [5.41, 5.74) is 16.1. The van der Waals surface area contributed by atoms with Crippen LogP contribution >= 0.6 is 0 Å². The first-order valence-electron chi connectivity index (χ1n) is 12.1. The number of benzene rings is 3. The van der Waals surface area contributed by atoms with Crippen molar-refractivity contribution in [3.05, 3.63) is 84.7 Å². The highest BCUT2D eigenvalue weighted by Gasteiger charge is 2.19. The van der Waals surface area contributed by atoms with Gasteiger partial charge in [-0.3, -0.25) is 4.79 Å². The summed E-state index contributed by atoms with van der Waals surface area (Å²) in [5.74, 6) is 0.230. The number of amides is 1. The lowest BCUT2D eigenvalue weighted by Crippen LogP contribution is -2.44. The van der Waals surface area contributed by atoms with E-state index >= 15 is 0 Å². The molecule has 9 heteroatoms. The number of carbonyl (C=O) groups is 1. The summed E-state index contributed by atoms with van der Waals surface area (Å²) < 4.78 is 5.82. The van der Waals surface area contributed by atoms with Gasteiger partial charge in [0.15, 0.2) is 11.5 Å². The quantitative estimate of drug-likeness (QED) is 0.327. The Bertz CT molecular complexity index is 1400. The van der Waals surface area contributed by atoms with Crippen molar-refractivity contribution in [2.24, 2.45) is 5.73 Å². The number of anilines is 4. The van der Waals surface area contributed by atoms with E-state index in [-0.39, 0.29) is 17.4 Å². The second kappa shape index (κ2) is 10.5. The van der Waals surface area contributed by atoms with E-state index in [1.165, 1.54) is 6.20 Å². The van der Waals surface area contributed by atoms with Crippen molar-refractivity contribution in [2.45, 2.75) is 0 Å². The minimum Gasteiger partial charge on any atom is -0.437 e. The number of hydrogen-bond acceptors (Lipinski definition) is 8. The van der Waals surface area contributed by atoms with Gasteiger partial charge in [0.05, 0.1) is 6.20 Å². The highest BCUT2D eigenvalue weighted by molar-refractivity contribution is 5.96. The molecule has 1 saturated heterocycles. The fraction of sp³-hybridized carbons (Fsp3) is 0.179. The van der Waals surface area contributed by atoms with Crippen molar-refractivity contribution < 1.29 is 9.53 Å². The Morgan fingerprint density at radius 2 is 1.76 bits per heavy atom. The molecular formula is C28H29N7O2. The summed E-state index contributed by atoms with van der Waals surface area (Å²) in [6.45, 7) is 3.91. The Labute approximate surface area is 215 Å². The van der Waals surface area contributed by atoms with Crippen LogP contribution in [0.2, 0.25) is 0 Å². The number of carbonyl (C=O) groups excluding carboxylic acids is 1. The number of ether oxygens (including phenoxy) is 1. The molecule has 3 aromatic carbocycles. The maximum Gasteiger partial charge on any atom is 0.271 e. The van der Waals surface area contributed by atoms with Gasteiger partial charge in [-0.2, -0.15) is 4.98 Å². The minimum atomic E-state index is -0.692. The molecule has 1 amide bonds. The van der Waals surface area contributed by atoms with Crippen LogP contribution in [0.5, 0.6) is 11.6 Å². The highest BCUT2D eigenvalue weighted by atomic mass is 16.5. The van der Waals surface area contributed by atoms with Gasteiger partial charge in [-0.15, -0.1) is 0 Å². The lowest BCUT2D eigenvalue weighted by atomic mass is 10.0. The van der Waals surface area contributed by atoms with Crippen molar-refractivity contribution in [2.75, 3.05) is 49.2 Å². The van der Waals surface area contributed by atoms with E-state index in [9.17, 15) is 4.79 Å². The van der Waals surface area contributed by atoms with Crippen LogP contribution in [0.3, 0.4) is 0 Å². The SMILES string of the molecule is CN1CCN(c2ccc(Nc3nc(Oc4cccc(N)c4)cnc3C(N)=O)cc2-c2ccccc2)CC1. The van der Waals surface area contributed by atoms with Gasteiger partial charge in [0.2, 0.25) is 5.88 Å². The molecule has 0 unspecified atom stereocenters. The summed E-state index contributed by atoms with van der Waals surface area (Å²) in [7, 11) is 2.14. The zero-order chi connectivity index (χ0) is 25.8. The molecule has 0 saturated carbocycles. The molecule has 1 fully saturated rings. The van der Waals surface area contributed by atoms with Crippen LogP contribution < -0.4 is 26.4 Å². The van der Waals surface area contributed by atoms with Crippen LogP contribution in [-0.4, -0.2) is 54.0 Å². The molecule has 5 rings (SSSR count). The number of likely N-dealkylation sites (N-methyl/N-ethyl adjacent to an activating group) is 1. The Hall–Kier alpha value is -4.63. The number of nitrogen functional groups attached to an aromatic ring is 1. The van der Waals surface area contributed by atoms with Crippen LogP contribution in [0.1, 0.15) is 10.5 Å². The zero-order valence-electron chi connectivity index (χ0n) is 20.6. The lowest BCUT2D eigenvalue weighted by molar-refractivity contribution is 0.0996. The first-order chi connectivity index (χ1) is 18.0. The predicted molar refractivity (Wildman–Crippen MR) is 146 cm³/mol. The van der Waals surface area contributed by atoms with Crippen LogP contribution in [0.25, 0.3) is 11.1 Å². The van der Waals surface area contributed by atoms with Gasteiger partial charge < -0.3 is 31.3 Å². The number of piperazine rings is 1. The van der Waals surface area contributed by atoms with Crippen molar-refractivity contribution in [3.63, 3.8) is 0 Å². The maximum atomic E-state index is 12.1. The van der Waals surface area contributed by atoms with Crippen LogP contribution in [0, 0.1) is 0 Å². The van der Waals surface area contributed by atoms with Gasteiger partial charge >= 0.3 is 0 Å². The number of rotatable bonds is 7. The first kappa shape index (κ1) is 24.1. The number of primary amides is 1. The summed E-state index contributed by atoms with van der Waals surface area (Å²) in [6.07, 6.45) is 1.36. The van der Waals surface area contributed by atoms with Crippen molar-refractivity contribution >= 4 is 28.8 Å². The molecule has 0 atom stereocenters.